The summed E-state index contributed by atoms with van der Waals surface area (Å²) in [6.07, 6.45) is -4.33. The molecule has 0 aliphatic carbocycles. The van der Waals surface area contributed by atoms with Crippen molar-refractivity contribution in [3.05, 3.63) is 47.5 Å². The molecule has 2 rings (SSSR count). The van der Waals surface area contributed by atoms with E-state index in [9.17, 15) is 13.2 Å². The summed E-state index contributed by atoms with van der Waals surface area (Å²) in [5.74, 6) is 0. The molecule has 1 N–H and O–H groups in total. The molecule has 0 fully saturated rings. The summed E-state index contributed by atoms with van der Waals surface area (Å²) >= 11 is 0. The standard InChI is InChI=1S/C12H9F3O/c13-12(14,15)11-4-3-9-2-1-8(7-16)5-10(9)6-11/h1-6,16H,7H2. The quantitative estimate of drug-likeness (QED) is 0.790. The Labute approximate surface area is 90.1 Å². The lowest BCUT2D eigenvalue weighted by Gasteiger charge is -2.08. The van der Waals surface area contributed by atoms with Crippen LogP contribution in [0.3, 0.4) is 0 Å². The van der Waals surface area contributed by atoms with Crippen molar-refractivity contribution in [2.24, 2.45) is 0 Å². The van der Waals surface area contributed by atoms with E-state index in [4.69, 9.17) is 5.11 Å². The number of rotatable bonds is 1. The highest BCUT2D eigenvalue weighted by Gasteiger charge is 2.30. The second-order valence-electron chi connectivity index (χ2n) is 3.55. The van der Waals surface area contributed by atoms with E-state index in [1.54, 1.807) is 18.2 Å². The zero-order valence-corrected chi connectivity index (χ0v) is 8.25. The van der Waals surface area contributed by atoms with E-state index in [1.807, 2.05) is 0 Å². The Hall–Kier alpha value is -1.55. The molecule has 0 amide bonds. The molecule has 0 saturated carbocycles. The second-order valence-corrected chi connectivity index (χ2v) is 3.55. The fourth-order valence-electron chi connectivity index (χ4n) is 1.57. The van der Waals surface area contributed by atoms with Crippen molar-refractivity contribution in [1.29, 1.82) is 0 Å². The van der Waals surface area contributed by atoms with E-state index in [1.165, 1.54) is 6.07 Å². The lowest BCUT2D eigenvalue weighted by molar-refractivity contribution is -0.137. The van der Waals surface area contributed by atoms with Gasteiger partial charge in [0.2, 0.25) is 0 Å². The molecule has 0 bridgehead atoms. The Bertz CT molecular complexity index is 517. The first-order valence-electron chi connectivity index (χ1n) is 4.71. The maximum absolute atomic E-state index is 12.4. The van der Waals surface area contributed by atoms with Crippen molar-refractivity contribution in [3.63, 3.8) is 0 Å². The minimum Gasteiger partial charge on any atom is -0.392 e. The van der Waals surface area contributed by atoms with Gasteiger partial charge < -0.3 is 5.11 Å². The molecule has 0 atom stereocenters. The number of halogens is 3. The summed E-state index contributed by atoms with van der Waals surface area (Å²) < 4.78 is 37.3. The first kappa shape index (κ1) is 11.0. The van der Waals surface area contributed by atoms with Crippen LogP contribution in [0.1, 0.15) is 11.1 Å². The Kier molecular flexibility index (Phi) is 2.59. The van der Waals surface area contributed by atoms with Crippen molar-refractivity contribution in [1.82, 2.24) is 0 Å². The van der Waals surface area contributed by atoms with Crippen LogP contribution in [0.4, 0.5) is 13.2 Å². The summed E-state index contributed by atoms with van der Waals surface area (Å²) in [5.41, 5.74) is -0.0677. The van der Waals surface area contributed by atoms with E-state index in [0.29, 0.717) is 10.9 Å². The molecule has 84 valence electrons. The maximum Gasteiger partial charge on any atom is 0.416 e. The molecule has 2 aromatic carbocycles. The summed E-state index contributed by atoms with van der Waals surface area (Å²) in [4.78, 5) is 0. The van der Waals surface area contributed by atoms with Gasteiger partial charge in [-0.05, 0) is 34.5 Å². The normalized spacial score (nSPS) is 12.0. The Balaban J connectivity index is 2.59. The smallest absolute Gasteiger partial charge is 0.392 e. The molecule has 0 aromatic heterocycles. The molecular formula is C12H9F3O. The third-order valence-corrected chi connectivity index (χ3v) is 2.41. The topological polar surface area (TPSA) is 20.2 Å². The minimum absolute atomic E-state index is 0.174. The SMILES string of the molecule is OCc1ccc2ccc(C(F)(F)F)cc2c1. The highest BCUT2D eigenvalue weighted by atomic mass is 19.4. The van der Waals surface area contributed by atoms with Crippen molar-refractivity contribution < 1.29 is 18.3 Å². The van der Waals surface area contributed by atoms with E-state index in [2.05, 4.69) is 0 Å². The van der Waals surface area contributed by atoms with Crippen LogP contribution in [0.5, 0.6) is 0 Å². The number of alkyl halides is 3. The van der Waals surface area contributed by atoms with Gasteiger partial charge in [0.15, 0.2) is 0 Å². The molecule has 0 spiro atoms. The number of benzene rings is 2. The number of fused-ring (bicyclic) bond motifs is 1. The van der Waals surface area contributed by atoms with E-state index >= 15 is 0 Å². The van der Waals surface area contributed by atoms with Crippen molar-refractivity contribution in [2.75, 3.05) is 0 Å². The fourth-order valence-corrected chi connectivity index (χ4v) is 1.57. The molecule has 1 nitrogen and oxygen atoms in total. The fraction of sp³-hybridized carbons (Fsp3) is 0.167. The van der Waals surface area contributed by atoms with Gasteiger partial charge in [0, 0.05) is 0 Å². The third-order valence-electron chi connectivity index (χ3n) is 2.41. The highest BCUT2D eigenvalue weighted by Crippen LogP contribution is 2.31. The molecule has 0 heterocycles. The predicted molar refractivity (Wildman–Crippen MR) is 54.9 cm³/mol. The predicted octanol–water partition coefficient (Wildman–Crippen LogP) is 3.35. The first-order chi connectivity index (χ1) is 7.50. The summed E-state index contributed by atoms with van der Waals surface area (Å²) in [6.45, 7) is -0.174. The van der Waals surface area contributed by atoms with Gasteiger partial charge >= 0.3 is 6.18 Å². The van der Waals surface area contributed by atoms with Gasteiger partial charge in [-0.3, -0.25) is 0 Å². The Morgan fingerprint density at radius 2 is 1.62 bits per heavy atom. The summed E-state index contributed by atoms with van der Waals surface area (Å²) in [5, 5.41) is 10.1. The first-order valence-corrected chi connectivity index (χ1v) is 4.71. The zero-order valence-electron chi connectivity index (χ0n) is 8.25. The molecule has 0 unspecified atom stereocenters. The van der Waals surface area contributed by atoms with Crippen molar-refractivity contribution in [3.8, 4) is 0 Å². The number of aliphatic hydroxyl groups excluding tert-OH is 1. The second kappa shape index (κ2) is 3.79. The Morgan fingerprint density at radius 3 is 2.25 bits per heavy atom. The van der Waals surface area contributed by atoms with Gasteiger partial charge in [-0.25, -0.2) is 0 Å². The van der Waals surface area contributed by atoms with Crippen molar-refractivity contribution >= 4 is 10.8 Å². The van der Waals surface area contributed by atoms with Crippen LogP contribution in [-0.2, 0) is 12.8 Å². The molecule has 0 saturated heterocycles. The van der Waals surface area contributed by atoms with Crippen LogP contribution in [0.25, 0.3) is 10.8 Å². The molecule has 2 aromatic rings. The van der Waals surface area contributed by atoms with Crippen LogP contribution in [0.15, 0.2) is 36.4 Å². The van der Waals surface area contributed by atoms with Gasteiger partial charge in [-0.2, -0.15) is 13.2 Å². The Morgan fingerprint density at radius 1 is 0.938 bits per heavy atom. The minimum atomic E-state index is -4.33. The molecular weight excluding hydrogens is 217 g/mol. The van der Waals surface area contributed by atoms with E-state index < -0.39 is 11.7 Å². The van der Waals surface area contributed by atoms with Crippen molar-refractivity contribution in [2.45, 2.75) is 12.8 Å². The van der Waals surface area contributed by atoms with Crippen LogP contribution < -0.4 is 0 Å². The van der Waals surface area contributed by atoms with Crippen LogP contribution in [0, 0.1) is 0 Å². The molecule has 0 radical (unpaired) electrons. The lowest BCUT2D eigenvalue weighted by Crippen LogP contribution is -2.04. The van der Waals surface area contributed by atoms with E-state index in [0.717, 1.165) is 17.5 Å². The highest BCUT2D eigenvalue weighted by molar-refractivity contribution is 5.83. The van der Waals surface area contributed by atoms with Gasteiger partial charge in [0.05, 0.1) is 12.2 Å². The summed E-state index contributed by atoms with van der Waals surface area (Å²) in [6, 6.07) is 8.52. The average molecular weight is 226 g/mol. The maximum atomic E-state index is 12.4. The number of aliphatic hydroxyl groups is 1. The van der Waals surface area contributed by atoms with Gasteiger partial charge in [-0.1, -0.05) is 18.2 Å². The zero-order chi connectivity index (χ0) is 11.8. The molecule has 0 aliphatic heterocycles. The van der Waals surface area contributed by atoms with Gasteiger partial charge in [-0.15, -0.1) is 0 Å². The lowest BCUT2D eigenvalue weighted by atomic mass is 10.0. The average Bonchev–Trinajstić information content (AvgIpc) is 2.26. The van der Waals surface area contributed by atoms with Crippen LogP contribution >= 0.6 is 0 Å². The monoisotopic (exact) mass is 226 g/mol. The number of hydrogen-bond donors (Lipinski definition) is 1. The van der Waals surface area contributed by atoms with Crippen LogP contribution in [0.2, 0.25) is 0 Å². The third kappa shape index (κ3) is 2.02. The largest absolute Gasteiger partial charge is 0.416 e. The van der Waals surface area contributed by atoms with E-state index in [-0.39, 0.29) is 6.61 Å². The molecule has 0 aliphatic rings. The number of hydrogen-bond acceptors (Lipinski definition) is 1. The summed E-state index contributed by atoms with van der Waals surface area (Å²) in [7, 11) is 0. The van der Waals surface area contributed by atoms with Gasteiger partial charge in [0.25, 0.3) is 0 Å². The van der Waals surface area contributed by atoms with Gasteiger partial charge in [0.1, 0.15) is 0 Å². The molecule has 4 heteroatoms. The van der Waals surface area contributed by atoms with Crippen LogP contribution in [-0.4, -0.2) is 5.11 Å². The molecule has 16 heavy (non-hydrogen) atoms.